The van der Waals surface area contributed by atoms with Crippen LogP contribution in [-0.4, -0.2) is 27.5 Å². The van der Waals surface area contributed by atoms with Crippen LogP contribution in [0.3, 0.4) is 0 Å². The van der Waals surface area contributed by atoms with Gasteiger partial charge in [-0.25, -0.2) is 10.4 Å². The number of carbonyl (C=O) groups excluding carboxylic acids is 1. The van der Waals surface area contributed by atoms with Gasteiger partial charge in [-0.1, -0.05) is 6.07 Å². The molecule has 0 spiro atoms. The molecule has 8 nitrogen and oxygen atoms in total. The van der Waals surface area contributed by atoms with Gasteiger partial charge < -0.3 is 9.88 Å². The molecule has 150 valence electrons. The molecule has 1 aliphatic heterocycles. The highest BCUT2D eigenvalue weighted by Crippen LogP contribution is 2.37. The first-order valence-corrected chi connectivity index (χ1v) is 9.81. The summed E-state index contributed by atoms with van der Waals surface area (Å²) in [6, 6.07) is 7.65. The van der Waals surface area contributed by atoms with E-state index in [1.807, 2.05) is 18.3 Å². The van der Waals surface area contributed by atoms with Crippen molar-refractivity contribution in [3.8, 4) is 6.07 Å². The minimum atomic E-state index is -0.201. The number of hydrogen-bond acceptors (Lipinski definition) is 6. The highest BCUT2D eigenvalue weighted by Gasteiger charge is 2.41. The van der Waals surface area contributed by atoms with Crippen LogP contribution in [0.1, 0.15) is 52.5 Å². The number of fused-ring (bicyclic) bond motifs is 1. The molecular formula is C21H24N6O2. The lowest BCUT2D eigenvalue weighted by atomic mass is 9.77. The molecule has 3 N–H and O–H groups in total. The van der Waals surface area contributed by atoms with Gasteiger partial charge in [-0.05, 0) is 49.3 Å². The summed E-state index contributed by atoms with van der Waals surface area (Å²) in [5.41, 5.74) is 9.28. The van der Waals surface area contributed by atoms with Crippen LogP contribution >= 0.6 is 0 Å². The maximum atomic E-state index is 12.7. The maximum absolute atomic E-state index is 12.7. The van der Waals surface area contributed by atoms with E-state index in [0.717, 1.165) is 24.8 Å². The topological polar surface area (TPSA) is 112 Å². The molecule has 0 bridgehead atoms. The normalized spacial score (nSPS) is 25.8. The van der Waals surface area contributed by atoms with Crippen LogP contribution < -0.4 is 21.7 Å². The number of aromatic nitrogens is 2. The average Bonchev–Trinajstić information content (AvgIpc) is 3.13. The van der Waals surface area contributed by atoms with Gasteiger partial charge in [0, 0.05) is 37.6 Å². The fourth-order valence-electron chi connectivity index (χ4n) is 4.45. The molecule has 4 unspecified atom stereocenters. The van der Waals surface area contributed by atoms with Crippen LogP contribution in [-0.2, 0) is 7.05 Å². The number of nitrogens with one attached hydrogen (secondary N) is 3. The Labute approximate surface area is 168 Å². The summed E-state index contributed by atoms with van der Waals surface area (Å²) in [5, 5.41) is 12.1. The Morgan fingerprint density at radius 3 is 2.90 bits per heavy atom. The molecule has 1 amide bonds. The fourth-order valence-corrected chi connectivity index (χ4v) is 4.45. The Bertz CT molecular complexity index is 1040. The van der Waals surface area contributed by atoms with E-state index in [9.17, 15) is 9.59 Å². The lowest BCUT2D eigenvalue weighted by Crippen LogP contribution is -2.44. The molecule has 2 aliphatic rings. The van der Waals surface area contributed by atoms with Crippen LogP contribution in [0.25, 0.3) is 0 Å². The van der Waals surface area contributed by atoms with Crippen LogP contribution in [0.4, 0.5) is 0 Å². The molecule has 0 radical (unpaired) electrons. The smallest absolute Gasteiger partial charge is 0.270 e. The summed E-state index contributed by atoms with van der Waals surface area (Å²) >= 11 is 0. The molecule has 2 fully saturated rings. The second-order valence-corrected chi connectivity index (χ2v) is 7.93. The van der Waals surface area contributed by atoms with Gasteiger partial charge >= 0.3 is 0 Å². The molecule has 3 heterocycles. The summed E-state index contributed by atoms with van der Waals surface area (Å²) in [5.74, 6) is 0.106. The van der Waals surface area contributed by atoms with Crippen molar-refractivity contribution < 1.29 is 4.79 Å². The van der Waals surface area contributed by atoms with Gasteiger partial charge in [-0.2, -0.15) is 5.26 Å². The molecule has 1 aliphatic carbocycles. The highest BCUT2D eigenvalue weighted by atomic mass is 16.2. The largest absolute Gasteiger partial charge is 0.348 e. The van der Waals surface area contributed by atoms with E-state index in [-0.39, 0.29) is 23.6 Å². The Balaban J connectivity index is 1.47. The van der Waals surface area contributed by atoms with Crippen molar-refractivity contribution >= 4 is 5.91 Å². The molecule has 29 heavy (non-hydrogen) atoms. The van der Waals surface area contributed by atoms with E-state index in [1.54, 1.807) is 30.7 Å². The lowest BCUT2D eigenvalue weighted by molar-refractivity contribution is 0.0909. The van der Waals surface area contributed by atoms with E-state index in [0.29, 0.717) is 28.8 Å². The molecule has 1 saturated heterocycles. The molecular weight excluding hydrogens is 368 g/mol. The molecule has 0 aromatic carbocycles. The number of nitriles is 1. The van der Waals surface area contributed by atoms with Crippen molar-refractivity contribution in [1.82, 2.24) is 25.7 Å². The van der Waals surface area contributed by atoms with Crippen molar-refractivity contribution in [2.24, 2.45) is 13.0 Å². The van der Waals surface area contributed by atoms with Gasteiger partial charge in [0.05, 0.1) is 11.6 Å². The standard InChI is InChI=1S/C21H24N6O2/c1-12-7-13(9-22)10-23-19(12)21(29)24-15-4-5-17-16(8-15)20(26-25-17)14-3-6-18(28)27(2)11-14/h3,6-7,10-11,15-17,20,25-26H,4-5,8H2,1-2H3,(H,24,29). The first-order valence-electron chi connectivity index (χ1n) is 9.81. The zero-order valence-corrected chi connectivity index (χ0v) is 16.5. The first-order chi connectivity index (χ1) is 14.0. The third-order valence-corrected chi connectivity index (χ3v) is 5.98. The molecule has 4 atom stereocenters. The number of hydrogen-bond donors (Lipinski definition) is 3. The highest BCUT2D eigenvalue weighted by molar-refractivity contribution is 5.93. The van der Waals surface area contributed by atoms with Gasteiger partial charge in [0.25, 0.3) is 5.91 Å². The quantitative estimate of drug-likeness (QED) is 0.721. The summed E-state index contributed by atoms with van der Waals surface area (Å²) in [7, 11) is 1.75. The Kier molecular flexibility index (Phi) is 5.18. The summed E-state index contributed by atoms with van der Waals surface area (Å²) in [6.45, 7) is 1.79. The van der Waals surface area contributed by atoms with Crippen molar-refractivity contribution in [1.29, 1.82) is 5.26 Å². The van der Waals surface area contributed by atoms with E-state index in [1.165, 1.54) is 6.20 Å². The van der Waals surface area contributed by atoms with Crippen LogP contribution in [0.5, 0.6) is 0 Å². The van der Waals surface area contributed by atoms with Crippen LogP contribution in [0.2, 0.25) is 0 Å². The number of nitrogens with zero attached hydrogens (tertiary/aromatic N) is 3. The molecule has 1 saturated carbocycles. The summed E-state index contributed by atoms with van der Waals surface area (Å²) in [4.78, 5) is 28.6. The number of carbonyl (C=O) groups is 1. The zero-order valence-electron chi connectivity index (χ0n) is 16.5. The second-order valence-electron chi connectivity index (χ2n) is 7.93. The van der Waals surface area contributed by atoms with E-state index in [2.05, 4.69) is 21.2 Å². The lowest BCUT2D eigenvalue weighted by Gasteiger charge is -2.33. The average molecular weight is 392 g/mol. The predicted octanol–water partition coefficient (Wildman–Crippen LogP) is 1.08. The number of pyridine rings is 2. The summed E-state index contributed by atoms with van der Waals surface area (Å²) < 4.78 is 1.59. The van der Waals surface area contributed by atoms with Gasteiger partial charge in [-0.15, -0.1) is 0 Å². The monoisotopic (exact) mass is 392 g/mol. The first kappa shape index (κ1) is 19.3. The molecule has 2 aromatic heterocycles. The van der Waals surface area contributed by atoms with Crippen molar-refractivity contribution in [2.45, 2.75) is 44.3 Å². The van der Waals surface area contributed by atoms with Gasteiger partial charge in [0.2, 0.25) is 5.56 Å². The Morgan fingerprint density at radius 2 is 2.17 bits per heavy atom. The van der Waals surface area contributed by atoms with Crippen molar-refractivity contribution in [3.63, 3.8) is 0 Å². The third kappa shape index (κ3) is 3.79. The second kappa shape index (κ2) is 7.78. The third-order valence-electron chi connectivity index (χ3n) is 5.98. The van der Waals surface area contributed by atoms with Gasteiger partial charge in [0.15, 0.2) is 0 Å². The molecule has 2 aromatic rings. The van der Waals surface area contributed by atoms with Crippen molar-refractivity contribution in [2.75, 3.05) is 0 Å². The number of amides is 1. The maximum Gasteiger partial charge on any atom is 0.270 e. The Morgan fingerprint density at radius 1 is 1.34 bits per heavy atom. The SMILES string of the molecule is Cc1cc(C#N)cnc1C(=O)NC1CCC2NNC(c3ccc(=O)n(C)c3)C2C1. The minimum absolute atomic E-state index is 0.0321. The summed E-state index contributed by atoms with van der Waals surface area (Å²) in [6.07, 6.45) is 5.97. The molecule has 8 heteroatoms. The number of rotatable bonds is 3. The van der Waals surface area contributed by atoms with Crippen LogP contribution in [0.15, 0.2) is 35.4 Å². The number of hydrazine groups is 1. The fraction of sp³-hybridized carbons (Fsp3) is 0.429. The molecule has 4 rings (SSSR count). The van der Waals surface area contributed by atoms with Crippen molar-refractivity contribution in [3.05, 3.63) is 63.3 Å². The van der Waals surface area contributed by atoms with Crippen LogP contribution in [0, 0.1) is 24.2 Å². The predicted molar refractivity (Wildman–Crippen MR) is 107 cm³/mol. The van der Waals surface area contributed by atoms with E-state index < -0.39 is 0 Å². The number of aryl methyl sites for hydroxylation is 2. The minimum Gasteiger partial charge on any atom is -0.348 e. The van der Waals surface area contributed by atoms with E-state index in [4.69, 9.17) is 5.26 Å². The van der Waals surface area contributed by atoms with Gasteiger partial charge in [-0.3, -0.25) is 15.0 Å². The van der Waals surface area contributed by atoms with Gasteiger partial charge in [0.1, 0.15) is 11.8 Å². The Hall–Kier alpha value is -3.02. The zero-order chi connectivity index (χ0) is 20.5. The van der Waals surface area contributed by atoms with E-state index >= 15 is 0 Å².